The first-order valence-electron chi connectivity index (χ1n) is 4.37. The van der Waals surface area contributed by atoms with Gasteiger partial charge in [-0.15, -0.1) is 0 Å². The maximum Gasteiger partial charge on any atom is 0.0520 e. The Morgan fingerprint density at radius 3 is 2.33 bits per heavy atom. The van der Waals surface area contributed by atoms with E-state index in [4.69, 9.17) is 0 Å². The second-order valence-corrected chi connectivity index (χ2v) is 2.65. The molecule has 1 heterocycles. The van der Waals surface area contributed by atoms with E-state index >= 15 is 0 Å². The number of nitrogens with one attached hydrogen (secondary N) is 1. The van der Waals surface area contributed by atoms with Gasteiger partial charge in [-0.3, -0.25) is 5.10 Å². The number of hydrogen-bond donors (Lipinski definition) is 1. The minimum atomic E-state index is 0.419. The normalized spacial score (nSPS) is 12.2. The van der Waals surface area contributed by atoms with Crippen LogP contribution in [0, 0.1) is 0 Å². The first kappa shape index (κ1) is 11.2. The van der Waals surface area contributed by atoms with Crippen LogP contribution in [0.4, 0.5) is 0 Å². The van der Waals surface area contributed by atoms with Crippen molar-refractivity contribution in [1.29, 1.82) is 0 Å². The quantitative estimate of drug-likeness (QED) is 0.735. The van der Waals surface area contributed by atoms with Crippen molar-refractivity contribution < 1.29 is 0 Å². The lowest BCUT2D eigenvalue weighted by molar-refractivity contribution is 0.315. The second-order valence-electron chi connectivity index (χ2n) is 2.65. The average molecular weight is 169 g/mol. The number of nitrogens with zero attached hydrogens (tertiary/aromatic N) is 2. The Balaban J connectivity index is 0.000000561. The van der Waals surface area contributed by atoms with Gasteiger partial charge in [0.1, 0.15) is 0 Å². The van der Waals surface area contributed by atoms with Gasteiger partial charge in [0.05, 0.1) is 5.69 Å². The predicted octanol–water partition coefficient (Wildman–Crippen LogP) is 2.06. The molecule has 0 saturated carbocycles. The molecular weight excluding hydrogens is 150 g/mol. The summed E-state index contributed by atoms with van der Waals surface area (Å²) in [6.07, 6.45) is 1.77. The molecule has 0 fully saturated rings. The van der Waals surface area contributed by atoms with E-state index in [0.717, 1.165) is 5.69 Å². The molecule has 0 aromatic carbocycles. The molecule has 12 heavy (non-hydrogen) atoms. The molecular formula is C9H19N3. The third-order valence-corrected chi connectivity index (χ3v) is 1.75. The van der Waals surface area contributed by atoms with Crippen LogP contribution < -0.4 is 0 Å². The highest BCUT2D eigenvalue weighted by Gasteiger charge is 2.06. The molecule has 0 aliphatic carbocycles. The lowest BCUT2D eigenvalue weighted by atomic mass is 10.2. The molecule has 1 aromatic rings. The number of H-pyrrole nitrogens is 1. The van der Waals surface area contributed by atoms with Crippen molar-refractivity contribution in [2.24, 2.45) is 0 Å². The molecule has 1 N–H and O–H groups in total. The molecule has 1 rings (SSSR count). The van der Waals surface area contributed by atoms with Crippen LogP contribution in [-0.2, 0) is 0 Å². The zero-order valence-corrected chi connectivity index (χ0v) is 8.63. The maximum atomic E-state index is 3.87. The van der Waals surface area contributed by atoms with Crippen LogP contribution in [0.25, 0.3) is 0 Å². The van der Waals surface area contributed by atoms with Crippen LogP contribution in [0.15, 0.2) is 12.3 Å². The summed E-state index contributed by atoms with van der Waals surface area (Å²) >= 11 is 0. The number of rotatable bonds is 2. The zero-order chi connectivity index (χ0) is 9.56. The highest BCUT2D eigenvalue weighted by molar-refractivity contribution is 5.02. The van der Waals surface area contributed by atoms with Crippen LogP contribution >= 0.6 is 0 Å². The Morgan fingerprint density at radius 2 is 2.00 bits per heavy atom. The molecule has 70 valence electrons. The molecule has 0 saturated heterocycles. The molecule has 0 aliphatic rings. The van der Waals surface area contributed by atoms with Crippen LogP contribution in [0.2, 0.25) is 0 Å². The summed E-state index contributed by atoms with van der Waals surface area (Å²) in [6.45, 7) is 6.13. The lowest BCUT2D eigenvalue weighted by Crippen LogP contribution is -2.16. The zero-order valence-electron chi connectivity index (χ0n) is 8.63. The van der Waals surface area contributed by atoms with Crippen LogP contribution in [0.5, 0.6) is 0 Å². The minimum absolute atomic E-state index is 0.419. The summed E-state index contributed by atoms with van der Waals surface area (Å²) in [5, 5.41) is 6.80. The molecule has 0 spiro atoms. The number of aromatic nitrogens is 2. The van der Waals surface area contributed by atoms with Gasteiger partial charge in [-0.1, -0.05) is 13.8 Å². The van der Waals surface area contributed by atoms with E-state index in [1.807, 2.05) is 34.0 Å². The van der Waals surface area contributed by atoms with Crippen molar-refractivity contribution >= 4 is 0 Å². The van der Waals surface area contributed by atoms with Gasteiger partial charge in [-0.25, -0.2) is 0 Å². The summed E-state index contributed by atoms with van der Waals surface area (Å²) in [5.74, 6) is 0. The van der Waals surface area contributed by atoms with Gasteiger partial charge in [-0.05, 0) is 27.1 Å². The molecule has 1 unspecified atom stereocenters. The standard InChI is InChI=1S/C7H13N3.C2H6/c1-6(10(2)3)7-4-5-8-9-7;1-2/h4-6H,1-3H3,(H,8,9);1-2H3. The van der Waals surface area contributed by atoms with Crippen molar-refractivity contribution in [3.63, 3.8) is 0 Å². The highest BCUT2D eigenvalue weighted by Crippen LogP contribution is 2.12. The van der Waals surface area contributed by atoms with Gasteiger partial charge in [-0.2, -0.15) is 5.10 Å². The fourth-order valence-corrected chi connectivity index (χ4v) is 0.777. The van der Waals surface area contributed by atoms with Crippen molar-refractivity contribution in [2.45, 2.75) is 26.8 Å². The fourth-order valence-electron chi connectivity index (χ4n) is 0.777. The van der Waals surface area contributed by atoms with Crippen molar-refractivity contribution in [3.05, 3.63) is 18.0 Å². The lowest BCUT2D eigenvalue weighted by Gasteiger charge is -2.17. The van der Waals surface area contributed by atoms with Gasteiger partial charge in [0.15, 0.2) is 0 Å². The molecule has 1 aromatic heterocycles. The molecule has 1 atom stereocenters. The van der Waals surface area contributed by atoms with Crippen molar-refractivity contribution in [3.8, 4) is 0 Å². The Labute approximate surface area is 74.8 Å². The molecule has 3 heteroatoms. The molecule has 0 radical (unpaired) electrons. The summed E-state index contributed by atoms with van der Waals surface area (Å²) in [4.78, 5) is 2.13. The Hall–Kier alpha value is -0.830. The maximum absolute atomic E-state index is 3.87. The Morgan fingerprint density at radius 1 is 1.42 bits per heavy atom. The predicted molar refractivity (Wildman–Crippen MR) is 52.0 cm³/mol. The summed E-state index contributed by atoms with van der Waals surface area (Å²) in [7, 11) is 4.09. The summed E-state index contributed by atoms with van der Waals surface area (Å²) in [5.41, 5.74) is 1.16. The van der Waals surface area contributed by atoms with E-state index in [0.29, 0.717) is 6.04 Å². The third kappa shape index (κ3) is 3.05. The minimum Gasteiger partial charge on any atom is -0.301 e. The van der Waals surface area contributed by atoms with E-state index in [1.54, 1.807) is 6.20 Å². The summed E-state index contributed by atoms with van der Waals surface area (Å²) < 4.78 is 0. The smallest absolute Gasteiger partial charge is 0.0520 e. The van der Waals surface area contributed by atoms with Crippen LogP contribution in [-0.4, -0.2) is 29.2 Å². The van der Waals surface area contributed by atoms with Gasteiger partial charge in [0.2, 0.25) is 0 Å². The largest absolute Gasteiger partial charge is 0.301 e. The van der Waals surface area contributed by atoms with Crippen LogP contribution in [0.1, 0.15) is 32.5 Å². The molecule has 0 bridgehead atoms. The Kier molecular flexibility index (Phi) is 5.37. The molecule has 0 amide bonds. The number of aromatic amines is 1. The fraction of sp³-hybridized carbons (Fsp3) is 0.667. The van der Waals surface area contributed by atoms with Crippen LogP contribution in [0.3, 0.4) is 0 Å². The molecule has 0 aliphatic heterocycles. The van der Waals surface area contributed by atoms with Gasteiger partial charge < -0.3 is 4.90 Å². The summed E-state index contributed by atoms with van der Waals surface area (Å²) in [6, 6.07) is 2.41. The SMILES string of the molecule is CC.CC(c1ccn[nH]1)N(C)C. The van der Waals surface area contributed by atoms with E-state index < -0.39 is 0 Å². The first-order chi connectivity index (χ1) is 5.72. The first-order valence-corrected chi connectivity index (χ1v) is 4.37. The van der Waals surface area contributed by atoms with E-state index in [2.05, 4.69) is 22.0 Å². The Bertz CT molecular complexity index is 180. The number of hydrogen-bond acceptors (Lipinski definition) is 2. The van der Waals surface area contributed by atoms with E-state index in [1.165, 1.54) is 0 Å². The van der Waals surface area contributed by atoms with Gasteiger partial charge in [0, 0.05) is 12.2 Å². The average Bonchev–Trinajstić information content (AvgIpc) is 2.58. The second kappa shape index (κ2) is 5.77. The van der Waals surface area contributed by atoms with Gasteiger partial charge in [0.25, 0.3) is 0 Å². The van der Waals surface area contributed by atoms with Gasteiger partial charge >= 0.3 is 0 Å². The highest BCUT2D eigenvalue weighted by atomic mass is 15.2. The molecule has 3 nitrogen and oxygen atoms in total. The third-order valence-electron chi connectivity index (χ3n) is 1.75. The monoisotopic (exact) mass is 169 g/mol. The van der Waals surface area contributed by atoms with Crippen molar-refractivity contribution in [1.82, 2.24) is 15.1 Å². The van der Waals surface area contributed by atoms with E-state index in [9.17, 15) is 0 Å². The topological polar surface area (TPSA) is 31.9 Å². The van der Waals surface area contributed by atoms with E-state index in [-0.39, 0.29) is 0 Å². The van der Waals surface area contributed by atoms with Crippen molar-refractivity contribution in [2.75, 3.05) is 14.1 Å².